The van der Waals surface area contributed by atoms with Crippen LogP contribution in [0.15, 0.2) is 103 Å². The SMILES string of the molecule is Cc1ccccc1CNC(=O)c1ccccc1-c1ccccc1C(=O)N(CCC(=O)O)CCc1ccccc1. The number of hydrogen-bond acceptors (Lipinski definition) is 3. The summed E-state index contributed by atoms with van der Waals surface area (Å²) in [5.74, 6) is -1.46. The molecule has 0 aromatic heterocycles. The highest BCUT2D eigenvalue weighted by Gasteiger charge is 2.22. The number of aryl methyl sites for hydroxylation is 1. The molecule has 0 aliphatic heterocycles. The fraction of sp³-hybridized carbons (Fsp3) is 0.182. The van der Waals surface area contributed by atoms with E-state index in [1.54, 1.807) is 29.2 Å². The number of carboxylic acid groups (broad SMARTS) is 1. The van der Waals surface area contributed by atoms with Gasteiger partial charge in [-0.25, -0.2) is 0 Å². The molecule has 0 saturated carbocycles. The van der Waals surface area contributed by atoms with Gasteiger partial charge in [0.2, 0.25) is 0 Å². The lowest BCUT2D eigenvalue weighted by Gasteiger charge is -2.24. The molecule has 6 heteroatoms. The third kappa shape index (κ3) is 7.20. The van der Waals surface area contributed by atoms with Crippen LogP contribution in [0.4, 0.5) is 0 Å². The van der Waals surface area contributed by atoms with Gasteiger partial charge in [0.05, 0.1) is 6.42 Å². The summed E-state index contributed by atoms with van der Waals surface area (Å²) in [7, 11) is 0. The molecule has 0 aliphatic carbocycles. The molecule has 0 atom stereocenters. The van der Waals surface area contributed by atoms with E-state index in [0.29, 0.717) is 41.8 Å². The van der Waals surface area contributed by atoms with E-state index in [4.69, 9.17) is 0 Å². The number of rotatable bonds is 11. The van der Waals surface area contributed by atoms with Gasteiger partial charge in [-0.1, -0.05) is 91.0 Å². The number of hydrogen-bond donors (Lipinski definition) is 2. The molecule has 6 nitrogen and oxygen atoms in total. The van der Waals surface area contributed by atoms with Crippen molar-refractivity contribution in [1.29, 1.82) is 0 Å². The molecular formula is C33H32N2O4. The topological polar surface area (TPSA) is 86.7 Å². The van der Waals surface area contributed by atoms with E-state index in [0.717, 1.165) is 16.7 Å². The Morgan fingerprint density at radius 3 is 2.00 bits per heavy atom. The van der Waals surface area contributed by atoms with Gasteiger partial charge < -0.3 is 15.3 Å². The van der Waals surface area contributed by atoms with Crippen LogP contribution < -0.4 is 5.32 Å². The maximum Gasteiger partial charge on any atom is 0.305 e. The smallest absolute Gasteiger partial charge is 0.305 e. The molecule has 4 aromatic rings. The largest absolute Gasteiger partial charge is 0.481 e. The number of carboxylic acids is 1. The molecule has 0 fully saturated rings. The van der Waals surface area contributed by atoms with Gasteiger partial charge in [-0.2, -0.15) is 0 Å². The van der Waals surface area contributed by atoms with Crippen LogP contribution >= 0.6 is 0 Å². The van der Waals surface area contributed by atoms with E-state index < -0.39 is 5.97 Å². The van der Waals surface area contributed by atoms with Crippen molar-refractivity contribution in [2.24, 2.45) is 0 Å². The zero-order valence-corrected chi connectivity index (χ0v) is 22.0. The maximum absolute atomic E-state index is 13.8. The van der Waals surface area contributed by atoms with Crippen molar-refractivity contribution in [2.75, 3.05) is 13.1 Å². The summed E-state index contributed by atoms with van der Waals surface area (Å²) in [6.45, 7) is 2.87. The van der Waals surface area contributed by atoms with Crippen LogP contribution in [0.5, 0.6) is 0 Å². The third-order valence-corrected chi connectivity index (χ3v) is 6.72. The van der Waals surface area contributed by atoms with Gasteiger partial charge in [-0.3, -0.25) is 14.4 Å². The first-order valence-electron chi connectivity index (χ1n) is 13.0. The highest BCUT2D eigenvalue weighted by Crippen LogP contribution is 2.28. The van der Waals surface area contributed by atoms with Crippen LogP contribution in [0.25, 0.3) is 11.1 Å². The molecule has 2 N–H and O–H groups in total. The van der Waals surface area contributed by atoms with Crippen molar-refractivity contribution in [3.63, 3.8) is 0 Å². The van der Waals surface area contributed by atoms with Crippen LogP contribution in [0, 0.1) is 6.92 Å². The van der Waals surface area contributed by atoms with Gasteiger partial charge in [0, 0.05) is 30.8 Å². The molecule has 4 aromatic carbocycles. The summed E-state index contributed by atoms with van der Waals surface area (Å²) in [5, 5.41) is 12.3. The highest BCUT2D eigenvalue weighted by atomic mass is 16.4. The molecule has 0 unspecified atom stereocenters. The van der Waals surface area contributed by atoms with Gasteiger partial charge in [0.1, 0.15) is 0 Å². The minimum absolute atomic E-state index is 0.0912. The van der Waals surface area contributed by atoms with Crippen LogP contribution in [0.3, 0.4) is 0 Å². The van der Waals surface area contributed by atoms with Crippen molar-refractivity contribution >= 4 is 17.8 Å². The predicted octanol–water partition coefficient (Wildman–Crippen LogP) is 5.75. The van der Waals surface area contributed by atoms with E-state index in [1.165, 1.54) is 0 Å². The van der Waals surface area contributed by atoms with E-state index >= 15 is 0 Å². The molecule has 4 rings (SSSR count). The third-order valence-electron chi connectivity index (χ3n) is 6.72. The van der Waals surface area contributed by atoms with Crippen molar-refractivity contribution in [2.45, 2.75) is 26.3 Å². The lowest BCUT2D eigenvalue weighted by molar-refractivity contribution is -0.137. The minimum atomic E-state index is -0.962. The fourth-order valence-corrected chi connectivity index (χ4v) is 4.52. The van der Waals surface area contributed by atoms with Crippen molar-refractivity contribution in [3.05, 3.63) is 131 Å². The molecule has 0 aliphatic rings. The number of nitrogens with one attached hydrogen (secondary N) is 1. The Morgan fingerprint density at radius 1 is 0.718 bits per heavy atom. The molecule has 0 spiro atoms. The second-order valence-corrected chi connectivity index (χ2v) is 9.37. The Bertz CT molecular complexity index is 1450. The normalized spacial score (nSPS) is 10.6. The molecule has 0 saturated heterocycles. The zero-order chi connectivity index (χ0) is 27.6. The van der Waals surface area contributed by atoms with E-state index in [-0.39, 0.29) is 24.8 Å². The molecular weight excluding hydrogens is 488 g/mol. The first kappa shape index (κ1) is 27.3. The highest BCUT2D eigenvalue weighted by molar-refractivity contribution is 6.06. The Labute approximate surface area is 228 Å². The van der Waals surface area contributed by atoms with E-state index in [1.807, 2.05) is 85.8 Å². The number of amides is 2. The summed E-state index contributed by atoms with van der Waals surface area (Å²) in [5.41, 5.74) is 5.36. The summed E-state index contributed by atoms with van der Waals surface area (Å²) in [4.78, 5) is 40.1. The van der Waals surface area contributed by atoms with Crippen LogP contribution in [0.2, 0.25) is 0 Å². The summed E-state index contributed by atoms with van der Waals surface area (Å²) in [6, 6.07) is 32.1. The Kier molecular flexibility index (Phi) is 9.25. The Morgan fingerprint density at radius 2 is 1.31 bits per heavy atom. The number of carbonyl (C=O) groups is 3. The first-order chi connectivity index (χ1) is 18.9. The molecule has 0 bridgehead atoms. The van der Waals surface area contributed by atoms with E-state index in [2.05, 4.69) is 5.32 Å². The Balaban J connectivity index is 1.61. The number of carbonyl (C=O) groups excluding carboxylic acids is 2. The van der Waals surface area contributed by atoms with Crippen molar-refractivity contribution in [1.82, 2.24) is 10.2 Å². The zero-order valence-electron chi connectivity index (χ0n) is 22.0. The molecule has 198 valence electrons. The van der Waals surface area contributed by atoms with Gasteiger partial charge >= 0.3 is 5.97 Å². The predicted molar refractivity (Wildman–Crippen MR) is 153 cm³/mol. The monoisotopic (exact) mass is 520 g/mol. The molecule has 2 amide bonds. The standard InChI is InChI=1S/C33H32N2O4/c1-24-11-5-6-14-26(24)23-34-32(38)29-17-9-7-15-27(29)28-16-8-10-18-30(28)33(39)35(22-20-31(36)37)21-19-25-12-3-2-4-13-25/h2-18H,19-23H2,1H3,(H,34,38)(H,36,37). The summed E-state index contributed by atoms with van der Waals surface area (Å²) in [6.07, 6.45) is 0.451. The molecule has 0 radical (unpaired) electrons. The van der Waals surface area contributed by atoms with Crippen LogP contribution in [-0.4, -0.2) is 40.9 Å². The lowest BCUT2D eigenvalue weighted by Crippen LogP contribution is -2.35. The van der Waals surface area contributed by atoms with Crippen molar-refractivity contribution in [3.8, 4) is 11.1 Å². The van der Waals surface area contributed by atoms with Gasteiger partial charge in [0.25, 0.3) is 11.8 Å². The number of benzene rings is 4. The molecule has 39 heavy (non-hydrogen) atoms. The second kappa shape index (κ2) is 13.2. The summed E-state index contributed by atoms with van der Waals surface area (Å²) < 4.78 is 0. The molecule has 0 heterocycles. The second-order valence-electron chi connectivity index (χ2n) is 9.37. The minimum Gasteiger partial charge on any atom is -0.481 e. The summed E-state index contributed by atoms with van der Waals surface area (Å²) >= 11 is 0. The Hall–Kier alpha value is -4.71. The van der Waals surface area contributed by atoms with Crippen LogP contribution in [-0.2, 0) is 17.8 Å². The average Bonchev–Trinajstić information content (AvgIpc) is 2.96. The lowest BCUT2D eigenvalue weighted by atomic mass is 9.94. The van der Waals surface area contributed by atoms with Gasteiger partial charge in [-0.05, 0) is 53.3 Å². The van der Waals surface area contributed by atoms with Gasteiger partial charge in [0.15, 0.2) is 0 Å². The van der Waals surface area contributed by atoms with E-state index in [9.17, 15) is 19.5 Å². The average molecular weight is 521 g/mol. The van der Waals surface area contributed by atoms with Gasteiger partial charge in [-0.15, -0.1) is 0 Å². The van der Waals surface area contributed by atoms with Crippen LogP contribution in [0.1, 0.15) is 43.8 Å². The maximum atomic E-state index is 13.8. The fourth-order valence-electron chi connectivity index (χ4n) is 4.52. The first-order valence-corrected chi connectivity index (χ1v) is 13.0. The number of nitrogens with zero attached hydrogens (tertiary/aromatic N) is 1. The van der Waals surface area contributed by atoms with Crippen molar-refractivity contribution < 1.29 is 19.5 Å². The quantitative estimate of drug-likeness (QED) is 0.264. The number of aliphatic carboxylic acids is 1.